The molecule has 6 nitrogen and oxygen atoms in total. The first-order valence-corrected chi connectivity index (χ1v) is 13.4. The van der Waals surface area contributed by atoms with Gasteiger partial charge in [-0.2, -0.15) is 0 Å². The van der Waals surface area contributed by atoms with E-state index in [0.717, 1.165) is 42.1 Å². The average molecular weight is 526 g/mol. The van der Waals surface area contributed by atoms with Gasteiger partial charge >= 0.3 is 0 Å². The monoisotopic (exact) mass is 524 g/mol. The van der Waals surface area contributed by atoms with Crippen LogP contribution in [-0.2, 0) is 16.1 Å². The first kappa shape index (κ1) is 24.6. The smallest absolute Gasteiger partial charge is 0.230 e. The van der Waals surface area contributed by atoms with Crippen molar-refractivity contribution < 1.29 is 9.53 Å². The number of nitrogens with two attached hydrogens (primary N) is 1. The Hall–Kier alpha value is -1.55. The number of rotatable bonds is 8. The Morgan fingerprint density at radius 1 is 1.27 bits per heavy atom. The van der Waals surface area contributed by atoms with Crippen LogP contribution in [0.15, 0.2) is 47.9 Å². The van der Waals surface area contributed by atoms with Gasteiger partial charge in [0.2, 0.25) is 5.91 Å². The number of morpholine rings is 1. The number of hydrogen-bond donors (Lipinski definition) is 3. The molecule has 2 aromatic carbocycles. The molecule has 0 bridgehead atoms. The first-order valence-electron chi connectivity index (χ1n) is 10.6. The number of hydrogen-bond acceptors (Lipinski definition) is 7. The lowest BCUT2D eigenvalue weighted by Gasteiger charge is -2.33. The van der Waals surface area contributed by atoms with Crippen molar-refractivity contribution in [2.75, 3.05) is 37.7 Å². The molecule has 1 unspecified atom stereocenters. The lowest BCUT2D eigenvalue weighted by atomic mass is 10.1. The third-order valence-corrected chi connectivity index (χ3v) is 8.35. The third kappa shape index (κ3) is 7.21. The standard InChI is InChI=1S/C23H26Cl2N4O2S2/c24-19-5-4-15(8-20(19)25)11-29-6-7-31-18(12-29)10-27-22(30)14-33-23-28-21(13-32-23)16-2-1-3-17(26)9-16/h1-5,8-9,13,18,23,28H,6-7,10-12,14,26H2,(H,27,30)/t18-,23?/m0/s1. The van der Waals surface area contributed by atoms with E-state index < -0.39 is 0 Å². The van der Waals surface area contributed by atoms with E-state index in [1.54, 1.807) is 23.5 Å². The highest BCUT2D eigenvalue weighted by atomic mass is 35.5. The summed E-state index contributed by atoms with van der Waals surface area (Å²) in [5.74, 6) is 0.382. The molecular formula is C23H26Cl2N4O2S2. The number of carbonyl (C=O) groups is 1. The highest BCUT2D eigenvalue weighted by molar-refractivity contribution is 8.18. The van der Waals surface area contributed by atoms with E-state index in [-0.39, 0.29) is 16.7 Å². The zero-order valence-electron chi connectivity index (χ0n) is 17.9. The largest absolute Gasteiger partial charge is 0.399 e. The van der Waals surface area contributed by atoms with E-state index in [1.807, 2.05) is 42.5 Å². The van der Waals surface area contributed by atoms with Gasteiger partial charge in [0.1, 0.15) is 4.71 Å². The van der Waals surface area contributed by atoms with Crippen molar-refractivity contribution in [3.05, 3.63) is 69.0 Å². The number of carbonyl (C=O) groups excluding carboxylic acids is 1. The first-order chi connectivity index (χ1) is 16.0. The Balaban J connectivity index is 1.16. The summed E-state index contributed by atoms with van der Waals surface area (Å²) in [5, 5.41) is 9.64. The average Bonchev–Trinajstić information content (AvgIpc) is 3.28. The molecule has 0 radical (unpaired) electrons. The molecule has 0 aliphatic carbocycles. The van der Waals surface area contributed by atoms with Crippen molar-refractivity contribution in [1.29, 1.82) is 0 Å². The third-order valence-electron chi connectivity index (χ3n) is 5.29. The quantitative estimate of drug-likeness (QED) is 0.445. The van der Waals surface area contributed by atoms with Gasteiger partial charge in [-0.25, -0.2) is 0 Å². The number of ether oxygens (including phenoxy) is 1. The summed E-state index contributed by atoms with van der Waals surface area (Å²) in [7, 11) is 0. The number of benzene rings is 2. The lowest BCUT2D eigenvalue weighted by Crippen LogP contribution is -2.47. The van der Waals surface area contributed by atoms with Crippen LogP contribution in [0.3, 0.4) is 0 Å². The predicted octanol–water partition coefficient (Wildman–Crippen LogP) is 4.24. The minimum atomic E-state index is -0.0359. The molecule has 0 aromatic heterocycles. The molecule has 2 aliphatic heterocycles. The molecule has 33 heavy (non-hydrogen) atoms. The van der Waals surface area contributed by atoms with Crippen LogP contribution in [0.2, 0.25) is 10.0 Å². The van der Waals surface area contributed by atoms with E-state index in [4.69, 9.17) is 33.7 Å². The Labute approximate surface area is 212 Å². The molecule has 2 heterocycles. The maximum atomic E-state index is 12.4. The van der Waals surface area contributed by atoms with E-state index >= 15 is 0 Å². The number of nitrogens with zero attached hydrogens (tertiary/aromatic N) is 1. The molecule has 2 aliphatic rings. The molecular weight excluding hydrogens is 499 g/mol. The van der Waals surface area contributed by atoms with Crippen LogP contribution < -0.4 is 16.4 Å². The number of nitrogen functional groups attached to an aromatic ring is 1. The van der Waals surface area contributed by atoms with Gasteiger partial charge in [-0.05, 0) is 35.2 Å². The molecule has 0 spiro atoms. The van der Waals surface area contributed by atoms with Crippen molar-refractivity contribution in [2.24, 2.45) is 0 Å². The van der Waals surface area contributed by atoms with Crippen molar-refractivity contribution in [2.45, 2.75) is 17.4 Å². The van der Waals surface area contributed by atoms with Gasteiger partial charge in [-0.3, -0.25) is 9.69 Å². The fraction of sp³-hybridized carbons (Fsp3) is 0.348. The second kappa shape index (κ2) is 11.7. The van der Waals surface area contributed by atoms with Crippen LogP contribution >= 0.6 is 46.7 Å². The van der Waals surface area contributed by atoms with E-state index in [1.165, 1.54) is 0 Å². The second-order valence-corrected chi connectivity index (χ2v) is 11.0. The van der Waals surface area contributed by atoms with Gasteiger partial charge < -0.3 is 21.1 Å². The molecule has 2 aromatic rings. The van der Waals surface area contributed by atoms with Crippen LogP contribution in [0.4, 0.5) is 5.69 Å². The summed E-state index contributed by atoms with van der Waals surface area (Å²) < 4.78 is 5.94. The minimum Gasteiger partial charge on any atom is -0.399 e. The van der Waals surface area contributed by atoms with E-state index in [2.05, 4.69) is 20.9 Å². The Morgan fingerprint density at radius 3 is 2.97 bits per heavy atom. The Kier molecular flexibility index (Phi) is 8.73. The Bertz CT molecular complexity index is 1020. The lowest BCUT2D eigenvalue weighted by molar-refractivity contribution is -0.119. The predicted molar refractivity (Wildman–Crippen MR) is 140 cm³/mol. The summed E-state index contributed by atoms with van der Waals surface area (Å²) in [4.78, 5) is 14.7. The van der Waals surface area contributed by atoms with Gasteiger partial charge in [0.15, 0.2) is 0 Å². The zero-order valence-corrected chi connectivity index (χ0v) is 21.1. The number of nitrogens with one attached hydrogen (secondary N) is 2. The SMILES string of the molecule is Nc1cccc(C2=CSC(SCC(=O)NC[C@H]3CN(Cc4ccc(Cl)c(Cl)c4)CCO3)N2)c1. The number of amides is 1. The van der Waals surface area contributed by atoms with Crippen LogP contribution in [0, 0.1) is 0 Å². The topological polar surface area (TPSA) is 79.6 Å². The molecule has 1 saturated heterocycles. The van der Waals surface area contributed by atoms with Crippen molar-refractivity contribution in [1.82, 2.24) is 15.5 Å². The minimum absolute atomic E-state index is 0.00464. The van der Waals surface area contributed by atoms with Crippen LogP contribution in [0.5, 0.6) is 0 Å². The summed E-state index contributed by atoms with van der Waals surface area (Å²) in [6, 6.07) is 13.5. The van der Waals surface area contributed by atoms with Crippen LogP contribution in [-0.4, -0.2) is 53.6 Å². The second-order valence-electron chi connectivity index (χ2n) is 7.86. The summed E-state index contributed by atoms with van der Waals surface area (Å²) in [5.41, 5.74) is 9.79. The number of halogens is 2. The maximum absolute atomic E-state index is 12.4. The number of thioether (sulfide) groups is 2. The van der Waals surface area contributed by atoms with Gasteiger partial charge in [0, 0.05) is 43.1 Å². The maximum Gasteiger partial charge on any atom is 0.230 e. The normalized spacial score (nSPS) is 20.8. The van der Waals surface area contributed by atoms with Crippen molar-refractivity contribution in [3.8, 4) is 0 Å². The molecule has 4 N–H and O–H groups in total. The molecule has 4 rings (SSSR count). The fourth-order valence-corrected chi connectivity index (χ4v) is 5.92. The van der Waals surface area contributed by atoms with E-state index in [0.29, 0.717) is 28.9 Å². The zero-order chi connectivity index (χ0) is 23.2. The molecule has 0 saturated carbocycles. The van der Waals surface area contributed by atoms with Gasteiger partial charge in [0.25, 0.3) is 0 Å². The van der Waals surface area contributed by atoms with Crippen LogP contribution in [0.25, 0.3) is 5.70 Å². The summed E-state index contributed by atoms with van der Waals surface area (Å²) >= 11 is 15.4. The van der Waals surface area contributed by atoms with Gasteiger partial charge in [-0.1, -0.05) is 53.2 Å². The van der Waals surface area contributed by atoms with Crippen LogP contribution in [0.1, 0.15) is 11.1 Å². The molecule has 176 valence electrons. The van der Waals surface area contributed by atoms with E-state index in [9.17, 15) is 4.79 Å². The van der Waals surface area contributed by atoms with Crippen molar-refractivity contribution >= 4 is 64.0 Å². The van der Waals surface area contributed by atoms with Gasteiger partial charge in [0.05, 0.1) is 28.5 Å². The summed E-state index contributed by atoms with van der Waals surface area (Å²) in [6.45, 7) is 3.50. The fourth-order valence-electron chi connectivity index (χ4n) is 3.64. The summed E-state index contributed by atoms with van der Waals surface area (Å²) in [6.07, 6.45) is -0.0359. The Morgan fingerprint density at radius 2 is 2.15 bits per heavy atom. The molecule has 1 amide bonds. The molecule has 1 fully saturated rings. The van der Waals surface area contributed by atoms with Crippen molar-refractivity contribution in [3.63, 3.8) is 0 Å². The molecule has 2 atom stereocenters. The highest BCUT2D eigenvalue weighted by Crippen LogP contribution is 2.33. The van der Waals surface area contributed by atoms with Gasteiger partial charge in [-0.15, -0.1) is 11.8 Å². The molecule has 10 heteroatoms. The number of anilines is 1. The highest BCUT2D eigenvalue weighted by Gasteiger charge is 2.23.